The highest BCUT2D eigenvalue weighted by molar-refractivity contribution is 9.10. The molecule has 0 fully saturated rings. The molecule has 0 atom stereocenters. The second kappa shape index (κ2) is 9.95. The lowest BCUT2D eigenvalue weighted by molar-refractivity contribution is -0.119. The molecule has 2 aromatic rings. The Morgan fingerprint density at radius 3 is 2.31 bits per heavy atom. The van der Waals surface area contributed by atoms with Crippen molar-refractivity contribution in [3.63, 3.8) is 0 Å². The van der Waals surface area contributed by atoms with Gasteiger partial charge in [-0.3, -0.25) is 4.79 Å². The molecule has 0 bridgehead atoms. The van der Waals surface area contributed by atoms with Crippen LogP contribution in [0.4, 0.5) is 10.1 Å². The van der Waals surface area contributed by atoms with Crippen molar-refractivity contribution in [2.75, 3.05) is 25.0 Å². The predicted octanol–water partition coefficient (Wildman–Crippen LogP) is 3.41. The van der Waals surface area contributed by atoms with E-state index in [1.807, 2.05) is 0 Å². The molecular formula is C19H20BrFN2O5S. The number of halogens is 2. The van der Waals surface area contributed by atoms with Crippen molar-refractivity contribution in [3.05, 3.63) is 58.3 Å². The maximum absolute atomic E-state index is 14.1. The van der Waals surface area contributed by atoms with Crippen molar-refractivity contribution in [2.24, 2.45) is 0 Å². The van der Waals surface area contributed by atoms with Crippen LogP contribution in [0.3, 0.4) is 0 Å². The minimum absolute atomic E-state index is 0.228. The molecule has 10 heteroatoms. The van der Waals surface area contributed by atoms with Gasteiger partial charge in [0, 0.05) is 23.2 Å². The summed E-state index contributed by atoms with van der Waals surface area (Å²) in [6, 6.07) is 9.61. The summed E-state index contributed by atoms with van der Waals surface area (Å²) in [6.07, 6.45) is 0. The molecule has 2 aromatic carbocycles. The van der Waals surface area contributed by atoms with E-state index in [1.54, 1.807) is 38.1 Å². The number of anilines is 1. The van der Waals surface area contributed by atoms with E-state index >= 15 is 0 Å². The molecule has 1 amide bonds. The fourth-order valence-electron chi connectivity index (χ4n) is 2.47. The summed E-state index contributed by atoms with van der Waals surface area (Å²) < 4.78 is 46.0. The van der Waals surface area contributed by atoms with Crippen molar-refractivity contribution in [1.29, 1.82) is 0 Å². The maximum atomic E-state index is 14.1. The van der Waals surface area contributed by atoms with E-state index < -0.39 is 39.9 Å². The first-order valence-electron chi connectivity index (χ1n) is 8.71. The first-order valence-corrected chi connectivity index (χ1v) is 10.9. The van der Waals surface area contributed by atoms with Gasteiger partial charge >= 0.3 is 5.97 Å². The van der Waals surface area contributed by atoms with Crippen LogP contribution in [-0.2, 0) is 19.6 Å². The smallest absolute Gasteiger partial charge is 0.341 e. The van der Waals surface area contributed by atoms with Gasteiger partial charge in [-0.1, -0.05) is 29.8 Å². The van der Waals surface area contributed by atoms with Gasteiger partial charge < -0.3 is 10.1 Å². The SMILES string of the molecule is CCN(CC)S(=O)(=O)c1ccc(F)c(C(=O)OCC(=O)Nc2ccc(Br)cc2)c1. The summed E-state index contributed by atoms with van der Waals surface area (Å²) in [6.45, 7) is 3.15. The molecule has 0 aliphatic heterocycles. The monoisotopic (exact) mass is 486 g/mol. The number of rotatable bonds is 8. The van der Waals surface area contributed by atoms with Crippen molar-refractivity contribution in [2.45, 2.75) is 18.7 Å². The lowest BCUT2D eigenvalue weighted by Crippen LogP contribution is -2.30. The van der Waals surface area contributed by atoms with Crippen molar-refractivity contribution in [1.82, 2.24) is 4.31 Å². The summed E-state index contributed by atoms with van der Waals surface area (Å²) in [5, 5.41) is 2.52. The summed E-state index contributed by atoms with van der Waals surface area (Å²) in [7, 11) is -3.87. The number of esters is 1. The van der Waals surface area contributed by atoms with E-state index in [2.05, 4.69) is 21.2 Å². The molecule has 0 saturated carbocycles. The molecule has 0 spiro atoms. The van der Waals surface area contributed by atoms with Crippen LogP contribution in [-0.4, -0.2) is 44.3 Å². The maximum Gasteiger partial charge on any atom is 0.341 e. The van der Waals surface area contributed by atoms with Crippen LogP contribution < -0.4 is 5.32 Å². The summed E-state index contributed by atoms with van der Waals surface area (Å²) >= 11 is 3.27. The normalized spacial score (nSPS) is 11.3. The number of hydrogen-bond acceptors (Lipinski definition) is 5. The Labute approximate surface area is 177 Å². The van der Waals surface area contributed by atoms with Crippen molar-refractivity contribution in [3.8, 4) is 0 Å². The zero-order valence-electron chi connectivity index (χ0n) is 15.8. The summed E-state index contributed by atoms with van der Waals surface area (Å²) in [4.78, 5) is 23.9. The fraction of sp³-hybridized carbons (Fsp3) is 0.263. The Bertz CT molecular complexity index is 992. The number of hydrogen-bond donors (Lipinski definition) is 1. The second-order valence-electron chi connectivity index (χ2n) is 5.86. The standard InChI is InChI=1S/C19H20BrFN2O5S/c1-3-23(4-2)29(26,27)15-9-10-17(21)16(11-15)19(25)28-12-18(24)22-14-7-5-13(20)6-8-14/h5-11H,3-4,12H2,1-2H3,(H,22,24). The van der Waals surface area contributed by atoms with E-state index in [0.717, 1.165) is 22.7 Å². The fourth-order valence-corrected chi connectivity index (χ4v) is 4.22. The number of carbonyl (C=O) groups is 2. The molecule has 0 aliphatic rings. The molecule has 0 radical (unpaired) electrons. The van der Waals surface area contributed by atoms with Crippen molar-refractivity contribution >= 4 is 43.5 Å². The van der Waals surface area contributed by atoms with Gasteiger partial charge in [-0.15, -0.1) is 0 Å². The molecular weight excluding hydrogens is 467 g/mol. The lowest BCUT2D eigenvalue weighted by Gasteiger charge is -2.18. The number of nitrogens with one attached hydrogen (secondary N) is 1. The topological polar surface area (TPSA) is 92.8 Å². The van der Waals surface area contributed by atoms with Gasteiger partial charge in [0.05, 0.1) is 10.5 Å². The van der Waals surface area contributed by atoms with Crippen LogP contribution in [0.25, 0.3) is 0 Å². The van der Waals surface area contributed by atoms with E-state index in [4.69, 9.17) is 4.74 Å². The number of sulfonamides is 1. The van der Waals surface area contributed by atoms with Gasteiger partial charge in [0.1, 0.15) is 5.82 Å². The zero-order valence-corrected chi connectivity index (χ0v) is 18.2. The number of ether oxygens (including phenoxy) is 1. The first-order chi connectivity index (χ1) is 13.7. The Morgan fingerprint density at radius 2 is 1.72 bits per heavy atom. The largest absolute Gasteiger partial charge is 0.452 e. The lowest BCUT2D eigenvalue weighted by atomic mass is 10.2. The zero-order chi connectivity index (χ0) is 21.6. The highest BCUT2D eigenvalue weighted by Gasteiger charge is 2.25. The predicted molar refractivity (Wildman–Crippen MR) is 110 cm³/mol. The van der Waals surface area contributed by atoms with Crippen LogP contribution in [0, 0.1) is 5.82 Å². The van der Waals surface area contributed by atoms with E-state index in [-0.39, 0.29) is 18.0 Å². The molecule has 1 N–H and O–H groups in total. The highest BCUT2D eigenvalue weighted by Crippen LogP contribution is 2.20. The minimum Gasteiger partial charge on any atom is -0.452 e. The van der Waals surface area contributed by atoms with Crippen LogP contribution in [0.15, 0.2) is 51.8 Å². The molecule has 7 nitrogen and oxygen atoms in total. The van der Waals surface area contributed by atoms with E-state index in [9.17, 15) is 22.4 Å². The second-order valence-corrected chi connectivity index (χ2v) is 8.72. The molecule has 0 aromatic heterocycles. The average Bonchev–Trinajstić information content (AvgIpc) is 2.69. The molecule has 2 rings (SSSR count). The molecule has 29 heavy (non-hydrogen) atoms. The first kappa shape index (κ1) is 23.0. The number of amides is 1. The molecule has 0 heterocycles. The van der Waals surface area contributed by atoms with E-state index in [0.29, 0.717) is 5.69 Å². The summed E-state index contributed by atoms with van der Waals surface area (Å²) in [5.41, 5.74) is -0.0672. The Hall–Kier alpha value is -2.30. The van der Waals surface area contributed by atoms with Crippen LogP contribution in [0.1, 0.15) is 24.2 Å². The molecule has 0 unspecified atom stereocenters. The van der Waals surface area contributed by atoms with Gasteiger partial charge in [0.2, 0.25) is 10.0 Å². The third-order valence-electron chi connectivity index (χ3n) is 3.96. The van der Waals surface area contributed by atoms with Crippen LogP contribution >= 0.6 is 15.9 Å². The third-order valence-corrected chi connectivity index (χ3v) is 6.54. The Balaban J connectivity index is 2.10. The van der Waals surface area contributed by atoms with Gasteiger partial charge in [-0.25, -0.2) is 17.6 Å². The number of nitrogens with zero attached hydrogens (tertiary/aromatic N) is 1. The van der Waals surface area contributed by atoms with Gasteiger partial charge in [-0.05, 0) is 42.5 Å². The minimum atomic E-state index is -3.87. The van der Waals surface area contributed by atoms with Crippen molar-refractivity contribution < 1.29 is 27.1 Å². The van der Waals surface area contributed by atoms with Gasteiger partial charge in [0.15, 0.2) is 6.61 Å². The average molecular weight is 487 g/mol. The highest BCUT2D eigenvalue weighted by atomic mass is 79.9. The summed E-state index contributed by atoms with van der Waals surface area (Å²) in [5.74, 6) is -2.69. The van der Waals surface area contributed by atoms with Crippen LogP contribution in [0.2, 0.25) is 0 Å². The molecule has 156 valence electrons. The number of benzene rings is 2. The third kappa shape index (κ3) is 5.84. The molecule has 0 saturated heterocycles. The Morgan fingerprint density at radius 1 is 1.10 bits per heavy atom. The van der Waals surface area contributed by atoms with E-state index in [1.165, 1.54) is 4.31 Å². The quantitative estimate of drug-likeness (QED) is 0.577. The molecule has 0 aliphatic carbocycles. The van der Waals surface area contributed by atoms with Gasteiger partial charge in [-0.2, -0.15) is 4.31 Å². The van der Waals surface area contributed by atoms with Crippen LogP contribution in [0.5, 0.6) is 0 Å². The van der Waals surface area contributed by atoms with Gasteiger partial charge in [0.25, 0.3) is 5.91 Å². The Kier molecular flexibility index (Phi) is 7.88. The number of carbonyl (C=O) groups excluding carboxylic acids is 2.